The number of esters is 2. The number of amides is 1. The fourth-order valence-electron chi connectivity index (χ4n) is 2.10. The van der Waals surface area contributed by atoms with Crippen LogP contribution in [0.15, 0.2) is 18.2 Å². The molecule has 0 saturated carbocycles. The molecule has 24 heavy (non-hydrogen) atoms. The number of para-hydroxylation sites is 1. The smallest absolute Gasteiger partial charge is 0.342 e. The maximum absolute atomic E-state index is 11.9. The highest BCUT2D eigenvalue weighted by molar-refractivity contribution is 5.94. The molecule has 7 heteroatoms. The maximum Gasteiger partial charge on any atom is 0.342 e. The van der Waals surface area contributed by atoms with Gasteiger partial charge in [-0.25, -0.2) is 9.59 Å². The summed E-state index contributed by atoms with van der Waals surface area (Å²) in [4.78, 5) is 35.5. The first-order valence-electron chi connectivity index (χ1n) is 7.59. The van der Waals surface area contributed by atoms with Gasteiger partial charge in [0.1, 0.15) is 17.4 Å². The highest BCUT2D eigenvalue weighted by Gasteiger charge is 2.23. The molecule has 1 atom stereocenters. The number of benzene rings is 1. The summed E-state index contributed by atoms with van der Waals surface area (Å²) in [6.07, 6.45) is 0.408. The van der Waals surface area contributed by atoms with E-state index in [0.717, 1.165) is 0 Å². The third-order valence-corrected chi connectivity index (χ3v) is 3.32. The van der Waals surface area contributed by atoms with Crippen LogP contribution in [0.4, 0.5) is 0 Å². The molecule has 2 N–H and O–H groups in total. The predicted octanol–water partition coefficient (Wildman–Crippen LogP) is 1.56. The highest BCUT2D eigenvalue weighted by Crippen LogP contribution is 2.21. The Kier molecular flexibility index (Phi) is 7.23. The largest absolute Gasteiger partial charge is 0.507 e. The Hall–Kier alpha value is -2.57. The summed E-state index contributed by atoms with van der Waals surface area (Å²) >= 11 is 0. The van der Waals surface area contributed by atoms with Gasteiger partial charge in [0.2, 0.25) is 0 Å². The number of rotatable bonds is 7. The van der Waals surface area contributed by atoms with Crippen molar-refractivity contribution in [2.45, 2.75) is 33.2 Å². The first kappa shape index (κ1) is 19.5. The lowest BCUT2D eigenvalue weighted by Crippen LogP contribution is -2.44. The molecule has 0 radical (unpaired) electrons. The highest BCUT2D eigenvalue weighted by atomic mass is 16.5. The third kappa shape index (κ3) is 5.57. The molecule has 1 amide bonds. The number of nitrogens with one attached hydrogen (secondary N) is 1. The van der Waals surface area contributed by atoms with Crippen LogP contribution in [-0.4, -0.2) is 42.7 Å². The van der Waals surface area contributed by atoms with E-state index in [1.54, 1.807) is 19.1 Å². The lowest BCUT2D eigenvalue weighted by Gasteiger charge is -2.18. The molecule has 1 aromatic carbocycles. The fourth-order valence-corrected chi connectivity index (χ4v) is 2.10. The van der Waals surface area contributed by atoms with Gasteiger partial charge in [-0.15, -0.1) is 0 Å². The second-order valence-corrected chi connectivity index (χ2v) is 5.82. The number of hydrogen-bond acceptors (Lipinski definition) is 6. The van der Waals surface area contributed by atoms with Crippen LogP contribution in [0.5, 0.6) is 5.75 Å². The molecule has 0 fully saturated rings. The van der Waals surface area contributed by atoms with Crippen LogP contribution in [0, 0.1) is 12.8 Å². The average Bonchev–Trinajstić information content (AvgIpc) is 2.53. The van der Waals surface area contributed by atoms with E-state index in [1.807, 2.05) is 13.8 Å². The van der Waals surface area contributed by atoms with E-state index in [2.05, 4.69) is 10.1 Å². The molecule has 0 aromatic heterocycles. The molecule has 0 unspecified atom stereocenters. The number of aryl methyl sites for hydroxylation is 1. The van der Waals surface area contributed by atoms with Gasteiger partial charge >= 0.3 is 11.9 Å². The second-order valence-electron chi connectivity index (χ2n) is 5.82. The van der Waals surface area contributed by atoms with E-state index in [-0.39, 0.29) is 17.2 Å². The number of carbonyl (C=O) groups excluding carboxylic acids is 3. The van der Waals surface area contributed by atoms with E-state index in [1.165, 1.54) is 13.2 Å². The summed E-state index contributed by atoms with van der Waals surface area (Å²) in [5, 5.41) is 12.3. The number of phenolic OH excluding ortho intramolecular Hbond substituents is 1. The van der Waals surface area contributed by atoms with Gasteiger partial charge in [-0.1, -0.05) is 26.0 Å². The molecule has 1 rings (SSSR count). The zero-order valence-corrected chi connectivity index (χ0v) is 14.3. The van der Waals surface area contributed by atoms with Crippen molar-refractivity contribution in [2.24, 2.45) is 5.92 Å². The van der Waals surface area contributed by atoms with Crippen LogP contribution < -0.4 is 5.32 Å². The molecule has 0 bridgehead atoms. The summed E-state index contributed by atoms with van der Waals surface area (Å²) in [6.45, 7) is 4.90. The molecule has 0 saturated heterocycles. The van der Waals surface area contributed by atoms with Gasteiger partial charge in [-0.2, -0.15) is 0 Å². The van der Waals surface area contributed by atoms with Crippen LogP contribution >= 0.6 is 0 Å². The first-order chi connectivity index (χ1) is 11.3. The van der Waals surface area contributed by atoms with Crippen LogP contribution in [0.2, 0.25) is 0 Å². The summed E-state index contributed by atoms with van der Waals surface area (Å²) < 4.78 is 9.53. The van der Waals surface area contributed by atoms with E-state index < -0.39 is 30.5 Å². The van der Waals surface area contributed by atoms with Crippen molar-refractivity contribution in [1.82, 2.24) is 5.32 Å². The SMILES string of the molecule is COC(=O)[C@H](CC(C)C)NC(=O)COC(=O)c1cccc(C)c1O. The van der Waals surface area contributed by atoms with Crippen molar-refractivity contribution in [3.8, 4) is 5.75 Å². The molecule has 0 aliphatic rings. The normalized spacial score (nSPS) is 11.7. The van der Waals surface area contributed by atoms with Gasteiger partial charge in [0.05, 0.1) is 7.11 Å². The predicted molar refractivity (Wildman–Crippen MR) is 86.5 cm³/mol. The van der Waals surface area contributed by atoms with Gasteiger partial charge in [-0.3, -0.25) is 4.79 Å². The zero-order valence-electron chi connectivity index (χ0n) is 14.3. The molecule has 7 nitrogen and oxygen atoms in total. The minimum Gasteiger partial charge on any atom is -0.507 e. The van der Waals surface area contributed by atoms with Crippen molar-refractivity contribution in [2.75, 3.05) is 13.7 Å². The van der Waals surface area contributed by atoms with Gasteiger partial charge in [0.25, 0.3) is 5.91 Å². The summed E-state index contributed by atoms with van der Waals surface area (Å²) in [5.41, 5.74) is 0.506. The van der Waals surface area contributed by atoms with Crippen molar-refractivity contribution in [1.29, 1.82) is 0 Å². The summed E-state index contributed by atoms with van der Waals surface area (Å²) in [7, 11) is 1.24. The average molecular weight is 337 g/mol. The number of carbonyl (C=O) groups is 3. The third-order valence-electron chi connectivity index (χ3n) is 3.32. The van der Waals surface area contributed by atoms with Gasteiger partial charge in [0.15, 0.2) is 6.61 Å². The van der Waals surface area contributed by atoms with Crippen LogP contribution in [0.1, 0.15) is 36.2 Å². The standard InChI is InChI=1S/C17H23NO6/c1-10(2)8-13(17(22)23-4)18-14(19)9-24-16(21)12-7-5-6-11(3)15(12)20/h5-7,10,13,20H,8-9H2,1-4H3,(H,18,19)/t13-/m0/s1. The molecule has 0 heterocycles. The molecule has 0 aliphatic heterocycles. The molecule has 132 valence electrons. The van der Waals surface area contributed by atoms with Crippen LogP contribution in [0.25, 0.3) is 0 Å². The molecular weight excluding hydrogens is 314 g/mol. The van der Waals surface area contributed by atoms with Gasteiger partial charge in [0, 0.05) is 0 Å². The second kappa shape index (κ2) is 8.90. The Morgan fingerprint density at radius 3 is 2.50 bits per heavy atom. The molecular formula is C17H23NO6. The number of phenols is 1. The van der Waals surface area contributed by atoms with E-state index in [9.17, 15) is 19.5 Å². The Bertz CT molecular complexity index is 611. The Labute approximate surface area is 141 Å². The van der Waals surface area contributed by atoms with E-state index in [0.29, 0.717) is 12.0 Å². The summed E-state index contributed by atoms with van der Waals surface area (Å²) in [5.74, 6) is -2.01. The lowest BCUT2D eigenvalue weighted by atomic mass is 10.0. The Morgan fingerprint density at radius 2 is 1.92 bits per heavy atom. The van der Waals surface area contributed by atoms with Gasteiger partial charge in [-0.05, 0) is 30.9 Å². The summed E-state index contributed by atoms with van der Waals surface area (Å²) in [6, 6.07) is 3.85. The van der Waals surface area contributed by atoms with Crippen LogP contribution in [-0.2, 0) is 19.1 Å². The molecule has 1 aromatic rings. The van der Waals surface area contributed by atoms with Crippen molar-refractivity contribution in [3.63, 3.8) is 0 Å². The van der Waals surface area contributed by atoms with E-state index in [4.69, 9.17) is 4.74 Å². The van der Waals surface area contributed by atoms with Crippen molar-refractivity contribution < 1.29 is 29.0 Å². The Balaban J connectivity index is 2.62. The maximum atomic E-state index is 11.9. The van der Waals surface area contributed by atoms with Crippen LogP contribution in [0.3, 0.4) is 0 Å². The minimum atomic E-state index is -0.815. The number of methoxy groups -OCH3 is 1. The first-order valence-corrected chi connectivity index (χ1v) is 7.59. The van der Waals surface area contributed by atoms with Gasteiger partial charge < -0.3 is 19.9 Å². The number of hydrogen-bond donors (Lipinski definition) is 2. The fraction of sp³-hybridized carbons (Fsp3) is 0.471. The zero-order chi connectivity index (χ0) is 18.3. The molecule has 0 aliphatic carbocycles. The quantitative estimate of drug-likeness (QED) is 0.732. The number of aromatic hydroxyl groups is 1. The van der Waals surface area contributed by atoms with Crippen molar-refractivity contribution in [3.05, 3.63) is 29.3 Å². The topological polar surface area (TPSA) is 102 Å². The minimum absolute atomic E-state index is 0.0190. The molecule has 0 spiro atoms. The number of ether oxygens (including phenoxy) is 2. The van der Waals surface area contributed by atoms with E-state index >= 15 is 0 Å². The lowest BCUT2D eigenvalue weighted by molar-refractivity contribution is -0.145. The monoisotopic (exact) mass is 337 g/mol. The Morgan fingerprint density at radius 1 is 1.25 bits per heavy atom. The van der Waals surface area contributed by atoms with Crippen molar-refractivity contribution >= 4 is 17.8 Å².